The highest BCUT2D eigenvalue weighted by Crippen LogP contribution is 2.41. The van der Waals surface area contributed by atoms with E-state index in [0.29, 0.717) is 6.54 Å². The Balaban J connectivity index is 1.99. The van der Waals surface area contributed by atoms with Crippen molar-refractivity contribution in [2.45, 2.75) is 32.7 Å². The van der Waals surface area contributed by atoms with Crippen molar-refractivity contribution in [2.24, 2.45) is 5.41 Å². The Morgan fingerprint density at radius 2 is 2.44 bits per heavy atom. The molecule has 0 atom stereocenters. The number of imidazole rings is 1. The molecular formula is C11H17N3O2. The lowest BCUT2D eigenvalue weighted by atomic mass is 9.69. The van der Waals surface area contributed by atoms with Crippen molar-refractivity contribution in [3.63, 3.8) is 0 Å². The van der Waals surface area contributed by atoms with Gasteiger partial charge in [-0.3, -0.25) is 4.79 Å². The van der Waals surface area contributed by atoms with Crippen molar-refractivity contribution in [3.8, 4) is 0 Å². The third-order valence-electron chi connectivity index (χ3n) is 3.41. The van der Waals surface area contributed by atoms with E-state index in [1.54, 1.807) is 6.20 Å². The number of aryl methyl sites for hydroxylation is 1. The molecule has 1 aliphatic carbocycles. The molecule has 0 amide bonds. The van der Waals surface area contributed by atoms with E-state index < -0.39 is 11.4 Å². The Hall–Kier alpha value is -1.52. The number of aliphatic carboxylic acids is 1. The Kier molecular flexibility index (Phi) is 2.85. The van der Waals surface area contributed by atoms with Crippen LogP contribution in [-0.2, 0) is 11.3 Å². The summed E-state index contributed by atoms with van der Waals surface area (Å²) in [5.41, 5.74) is -0.565. The van der Waals surface area contributed by atoms with Crippen molar-refractivity contribution in [1.29, 1.82) is 0 Å². The van der Waals surface area contributed by atoms with E-state index in [1.807, 2.05) is 17.7 Å². The van der Waals surface area contributed by atoms with Crippen molar-refractivity contribution in [3.05, 3.63) is 12.4 Å². The first-order chi connectivity index (χ1) is 7.68. The molecule has 1 saturated carbocycles. The fraction of sp³-hybridized carbons (Fsp3) is 0.636. The predicted molar refractivity (Wildman–Crippen MR) is 60.3 cm³/mol. The summed E-state index contributed by atoms with van der Waals surface area (Å²) in [5.74, 6) is 0.0656. The van der Waals surface area contributed by atoms with Crippen LogP contribution in [0.2, 0.25) is 0 Å². The van der Waals surface area contributed by atoms with Gasteiger partial charge in [-0.2, -0.15) is 0 Å². The molecule has 5 nitrogen and oxygen atoms in total. The maximum Gasteiger partial charge on any atom is 0.311 e. The van der Waals surface area contributed by atoms with Crippen molar-refractivity contribution >= 4 is 11.9 Å². The van der Waals surface area contributed by atoms with E-state index in [2.05, 4.69) is 10.3 Å². The largest absolute Gasteiger partial charge is 0.481 e. The minimum absolute atomic E-state index is 0.472. The maximum absolute atomic E-state index is 11.2. The fourth-order valence-corrected chi connectivity index (χ4v) is 2.05. The minimum atomic E-state index is -0.694. The van der Waals surface area contributed by atoms with Gasteiger partial charge in [0.2, 0.25) is 5.95 Å². The molecule has 0 aliphatic heterocycles. The molecule has 1 aliphatic rings. The standard InChI is InChI=1S/C11H17N3O2/c1-2-14-7-6-12-10(14)13-8-11(9(15)16)4-3-5-11/h6-7H,2-5,8H2,1H3,(H,12,13)(H,15,16). The number of anilines is 1. The van der Waals surface area contributed by atoms with Gasteiger partial charge in [-0.15, -0.1) is 0 Å². The van der Waals surface area contributed by atoms with Crippen LogP contribution in [0.5, 0.6) is 0 Å². The van der Waals surface area contributed by atoms with Gasteiger partial charge in [0.1, 0.15) is 0 Å². The highest BCUT2D eigenvalue weighted by atomic mass is 16.4. The molecule has 0 spiro atoms. The Morgan fingerprint density at radius 1 is 1.69 bits per heavy atom. The number of hydrogen-bond donors (Lipinski definition) is 2. The molecule has 0 saturated heterocycles. The second-order valence-corrected chi connectivity index (χ2v) is 4.33. The molecule has 1 heterocycles. The summed E-state index contributed by atoms with van der Waals surface area (Å²) in [7, 11) is 0. The summed E-state index contributed by atoms with van der Waals surface area (Å²) in [4.78, 5) is 15.3. The smallest absolute Gasteiger partial charge is 0.311 e. The van der Waals surface area contributed by atoms with Crippen LogP contribution in [0.25, 0.3) is 0 Å². The molecule has 2 N–H and O–H groups in total. The van der Waals surface area contributed by atoms with Crippen LogP contribution >= 0.6 is 0 Å². The molecule has 16 heavy (non-hydrogen) atoms. The van der Waals surface area contributed by atoms with Gasteiger partial charge in [-0.05, 0) is 19.8 Å². The first-order valence-corrected chi connectivity index (χ1v) is 5.66. The normalized spacial score (nSPS) is 17.8. The monoisotopic (exact) mass is 223 g/mol. The van der Waals surface area contributed by atoms with Gasteiger partial charge in [0.25, 0.3) is 0 Å². The number of nitrogens with zero attached hydrogens (tertiary/aromatic N) is 2. The molecule has 0 aromatic carbocycles. The average molecular weight is 223 g/mol. The third kappa shape index (κ3) is 1.77. The lowest BCUT2D eigenvalue weighted by molar-refractivity contribution is -0.153. The third-order valence-corrected chi connectivity index (χ3v) is 3.41. The number of hydrogen-bond acceptors (Lipinski definition) is 3. The minimum Gasteiger partial charge on any atom is -0.481 e. The quantitative estimate of drug-likeness (QED) is 0.795. The van der Waals surface area contributed by atoms with Crippen LogP contribution in [0.15, 0.2) is 12.4 Å². The van der Waals surface area contributed by atoms with Crippen LogP contribution in [0.3, 0.4) is 0 Å². The van der Waals surface area contributed by atoms with Crippen molar-refractivity contribution in [1.82, 2.24) is 9.55 Å². The Morgan fingerprint density at radius 3 is 2.94 bits per heavy atom. The summed E-state index contributed by atoms with van der Waals surface area (Å²) in [6.45, 7) is 3.34. The van der Waals surface area contributed by atoms with Crippen LogP contribution in [0.1, 0.15) is 26.2 Å². The first kappa shape index (κ1) is 11.0. The number of carbonyl (C=O) groups is 1. The molecular weight excluding hydrogens is 206 g/mol. The Bertz CT molecular complexity index is 382. The first-order valence-electron chi connectivity index (χ1n) is 5.66. The molecule has 88 valence electrons. The molecule has 1 fully saturated rings. The van der Waals surface area contributed by atoms with Gasteiger partial charge in [0.15, 0.2) is 0 Å². The molecule has 0 radical (unpaired) electrons. The topological polar surface area (TPSA) is 67.2 Å². The van der Waals surface area contributed by atoms with Crippen LogP contribution in [-0.4, -0.2) is 27.2 Å². The molecule has 1 aromatic heterocycles. The summed E-state index contributed by atoms with van der Waals surface area (Å²) in [6.07, 6.45) is 6.15. The van der Waals surface area contributed by atoms with E-state index in [0.717, 1.165) is 31.8 Å². The predicted octanol–water partition coefficient (Wildman–Crippen LogP) is 1.57. The summed E-state index contributed by atoms with van der Waals surface area (Å²) >= 11 is 0. The molecule has 2 rings (SSSR count). The summed E-state index contributed by atoms with van der Waals surface area (Å²) in [5, 5.41) is 12.3. The fourth-order valence-electron chi connectivity index (χ4n) is 2.05. The highest BCUT2D eigenvalue weighted by molar-refractivity contribution is 5.76. The van der Waals surface area contributed by atoms with Gasteiger partial charge in [0.05, 0.1) is 5.41 Å². The van der Waals surface area contributed by atoms with Crippen molar-refractivity contribution in [2.75, 3.05) is 11.9 Å². The number of carboxylic acid groups (broad SMARTS) is 1. The van der Waals surface area contributed by atoms with Gasteiger partial charge >= 0.3 is 5.97 Å². The van der Waals surface area contributed by atoms with Crippen LogP contribution in [0, 0.1) is 5.41 Å². The number of carboxylic acids is 1. The number of aromatic nitrogens is 2. The van der Waals surface area contributed by atoms with E-state index in [-0.39, 0.29) is 0 Å². The second kappa shape index (κ2) is 4.15. The summed E-state index contributed by atoms with van der Waals surface area (Å²) in [6, 6.07) is 0. The van der Waals surface area contributed by atoms with E-state index in [9.17, 15) is 9.90 Å². The summed E-state index contributed by atoms with van der Waals surface area (Å²) < 4.78 is 1.97. The zero-order chi connectivity index (χ0) is 11.6. The molecule has 1 aromatic rings. The van der Waals surface area contributed by atoms with Crippen molar-refractivity contribution < 1.29 is 9.90 Å². The zero-order valence-electron chi connectivity index (χ0n) is 9.44. The van der Waals surface area contributed by atoms with Crippen LogP contribution < -0.4 is 5.32 Å². The average Bonchev–Trinajstić information content (AvgIpc) is 2.63. The van der Waals surface area contributed by atoms with E-state index in [4.69, 9.17) is 0 Å². The molecule has 0 bridgehead atoms. The molecule has 0 unspecified atom stereocenters. The number of nitrogens with one attached hydrogen (secondary N) is 1. The maximum atomic E-state index is 11.2. The zero-order valence-corrected chi connectivity index (χ0v) is 9.44. The highest BCUT2D eigenvalue weighted by Gasteiger charge is 2.44. The van der Waals surface area contributed by atoms with Gasteiger partial charge in [0, 0.05) is 25.5 Å². The molecule has 5 heteroatoms. The van der Waals surface area contributed by atoms with E-state index >= 15 is 0 Å². The lowest BCUT2D eigenvalue weighted by Crippen LogP contribution is -2.44. The second-order valence-electron chi connectivity index (χ2n) is 4.33. The van der Waals surface area contributed by atoms with E-state index in [1.165, 1.54) is 0 Å². The van der Waals surface area contributed by atoms with Gasteiger partial charge in [-0.1, -0.05) is 6.42 Å². The lowest BCUT2D eigenvalue weighted by Gasteiger charge is -2.37. The van der Waals surface area contributed by atoms with Gasteiger partial charge in [-0.25, -0.2) is 4.98 Å². The number of rotatable bonds is 5. The van der Waals surface area contributed by atoms with Gasteiger partial charge < -0.3 is 15.0 Å². The Labute approximate surface area is 94.5 Å². The SMILES string of the molecule is CCn1ccnc1NCC1(C(=O)O)CCC1. The van der Waals surface area contributed by atoms with Crippen LogP contribution in [0.4, 0.5) is 5.95 Å².